The van der Waals surface area contributed by atoms with Crippen LogP contribution in [0.1, 0.15) is 43.0 Å². The average molecular weight is 588 g/mol. The molecule has 1 aliphatic heterocycles. The van der Waals surface area contributed by atoms with Crippen molar-refractivity contribution in [1.29, 1.82) is 0 Å². The molecule has 1 atom stereocenters. The van der Waals surface area contributed by atoms with Gasteiger partial charge in [0.25, 0.3) is 15.9 Å². The molecular weight excluding hydrogens is 555 g/mol. The monoisotopic (exact) mass is 587 g/mol. The summed E-state index contributed by atoms with van der Waals surface area (Å²) in [4.78, 5) is 36.0. The van der Waals surface area contributed by atoms with E-state index in [2.05, 4.69) is 17.0 Å². The van der Waals surface area contributed by atoms with Crippen molar-refractivity contribution in [2.45, 2.75) is 43.7 Å². The van der Waals surface area contributed by atoms with E-state index in [4.69, 9.17) is 14.6 Å². The minimum atomic E-state index is -5.08. The Hall–Kier alpha value is -3.81. The third kappa shape index (κ3) is 9.74. The summed E-state index contributed by atoms with van der Waals surface area (Å²) >= 11 is 0. The second-order valence-electron chi connectivity index (χ2n) is 8.90. The number of nitrogens with zero attached hydrogens (tertiary/aromatic N) is 1. The Bertz CT molecular complexity index is 1250. The molecule has 2 amide bonds. The molecule has 2 aromatic rings. The second-order valence-corrected chi connectivity index (χ2v) is 10.6. The van der Waals surface area contributed by atoms with Crippen LogP contribution in [0.3, 0.4) is 0 Å². The van der Waals surface area contributed by atoms with E-state index in [0.717, 1.165) is 25.7 Å². The summed E-state index contributed by atoms with van der Waals surface area (Å²) in [6, 6.07) is 12.4. The van der Waals surface area contributed by atoms with E-state index in [9.17, 15) is 31.2 Å². The number of amides is 2. The van der Waals surface area contributed by atoms with Crippen LogP contribution in [0.2, 0.25) is 0 Å². The number of methoxy groups -OCH3 is 1. The van der Waals surface area contributed by atoms with Crippen LogP contribution in [0.4, 0.5) is 18.9 Å². The van der Waals surface area contributed by atoms with E-state index >= 15 is 0 Å². The van der Waals surface area contributed by atoms with Gasteiger partial charge in [-0.05, 0) is 67.8 Å². The molecule has 0 radical (unpaired) electrons. The summed E-state index contributed by atoms with van der Waals surface area (Å²) in [5, 5.41) is 10.1. The number of benzene rings is 2. The van der Waals surface area contributed by atoms with Gasteiger partial charge in [0.05, 0.1) is 17.9 Å². The summed E-state index contributed by atoms with van der Waals surface area (Å²) in [6.07, 6.45) is -1.58. The number of unbranched alkanes of at least 4 members (excludes halogenated alkanes) is 1. The SMILES string of the molecule is CCCCNC(=O)C1CCCN(C(=O)c2ccc(NS(=O)(=O)c3ccc(OC)cc3)cc2)C1.O=C(O)C(F)(F)F. The molecule has 3 N–H and O–H groups in total. The first kappa shape index (κ1) is 32.4. The molecule has 0 spiro atoms. The van der Waals surface area contributed by atoms with E-state index in [1.165, 1.54) is 19.2 Å². The van der Waals surface area contributed by atoms with Gasteiger partial charge in [0.2, 0.25) is 5.91 Å². The summed E-state index contributed by atoms with van der Waals surface area (Å²) in [6.45, 7) is 3.72. The topological polar surface area (TPSA) is 142 Å². The van der Waals surface area contributed by atoms with Crippen molar-refractivity contribution < 1.29 is 45.8 Å². The van der Waals surface area contributed by atoms with Gasteiger partial charge in [-0.15, -0.1) is 0 Å². The van der Waals surface area contributed by atoms with Crippen LogP contribution >= 0.6 is 0 Å². The van der Waals surface area contributed by atoms with E-state index in [1.807, 2.05) is 0 Å². The molecule has 2 aromatic carbocycles. The van der Waals surface area contributed by atoms with Gasteiger partial charge < -0.3 is 20.1 Å². The van der Waals surface area contributed by atoms with Crippen molar-refractivity contribution in [2.24, 2.45) is 5.92 Å². The van der Waals surface area contributed by atoms with E-state index < -0.39 is 22.2 Å². The smallest absolute Gasteiger partial charge is 0.490 e. The Labute approximate surface area is 230 Å². The van der Waals surface area contributed by atoms with Gasteiger partial charge in [0.1, 0.15) is 5.75 Å². The number of nitrogens with one attached hydrogen (secondary N) is 2. The Morgan fingerprint density at radius 1 is 1.07 bits per heavy atom. The first-order valence-electron chi connectivity index (χ1n) is 12.4. The summed E-state index contributed by atoms with van der Waals surface area (Å²) < 4.78 is 64.5. The van der Waals surface area contributed by atoms with Gasteiger partial charge in [0.15, 0.2) is 0 Å². The lowest BCUT2D eigenvalue weighted by molar-refractivity contribution is -0.192. The maximum absolute atomic E-state index is 13.0. The van der Waals surface area contributed by atoms with Crippen molar-refractivity contribution in [2.75, 3.05) is 31.5 Å². The molecule has 1 heterocycles. The van der Waals surface area contributed by atoms with Crippen molar-refractivity contribution in [3.63, 3.8) is 0 Å². The van der Waals surface area contributed by atoms with Crippen molar-refractivity contribution >= 4 is 33.5 Å². The Balaban J connectivity index is 0.000000708. The zero-order valence-electron chi connectivity index (χ0n) is 22.0. The lowest BCUT2D eigenvalue weighted by atomic mass is 9.96. The number of alkyl halides is 3. The van der Waals surface area contributed by atoms with Crippen LogP contribution < -0.4 is 14.8 Å². The van der Waals surface area contributed by atoms with E-state index in [-0.39, 0.29) is 22.6 Å². The zero-order valence-corrected chi connectivity index (χ0v) is 22.8. The molecule has 220 valence electrons. The number of likely N-dealkylation sites (tertiary alicyclic amines) is 1. The predicted octanol–water partition coefficient (Wildman–Crippen LogP) is 3.90. The number of carboxylic acid groups (broad SMARTS) is 1. The standard InChI is InChI=1S/C24H31N3O5S.C2HF3O2/c1-3-4-15-25-23(28)19-6-5-16-27(17-19)24(29)18-7-9-20(10-8-18)26-33(30,31)22-13-11-21(32-2)12-14-22;3-2(4,5)1(6)7/h7-14,19,26H,3-6,15-17H2,1-2H3,(H,25,28);(H,6,7). The van der Waals surface area contributed by atoms with Crippen LogP contribution in [0, 0.1) is 5.92 Å². The third-order valence-electron chi connectivity index (χ3n) is 5.91. The summed E-state index contributed by atoms with van der Waals surface area (Å²) in [5.74, 6) is -2.55. The Morgan fingerprint density at radius 3 is 2.20 bits per heavy atom. The highest BCUT2D eigenvalue weighted by molar-refractivity contribution is 7.92. The molecule has 0 aromatic heterocycles. The average Bonchev–Trinajstić information content (AvgIpc) is 2.93. The van der Waals surface area contributed by atoms with Crippen LogP contribution in [0.15, 0.2) is 53.4 Å². The third-order valence-corrected chi connectivity index (χ3v) is 7.30. The number of aliphatic carboxylic acids is 1. The molecule has 1 aliphatic rings. The number of hydrogen-bond donors (Lipinski definition) is 3. The number of anilines is 1. The van der Waals surface area contributed by atoms with E-state index in [0.29, 0.717) is 36.6 Å². The number of carbonyl (C=O) groups is 3. The fourth-order valence-corrected chi connectivity index (χ4v) is 4.80. The summed E-state index contributed by atoms with van der Waals surface area (Å²) in [7, 11) is -2.25. The number of rotatable bonds is 9. The van der Waals surface area contributed by atoms with Gasteiger partial charge in [-0.1, -0.05) is 13.3 Å². The fraction of sp³-hybridized carbons (Fsp3) is 0.423. The molecule has 3 rings (SSSR count). The zero-order chi connectivity index (χ0) is 29.9. The van der Waals surface area contributed by atoms with Gasteiger partial charge in [0, 0.05) is 30.9 Å². The molecule has 1 unspecified atom stereocenters. The number of sulfonamides is 1. The Kier molecular flexibility index (Phi) is 11.8. The molecule has 14 heteroatoms. The quantitative estimate of drug-likeness (QED) is 0.378. The van der Waals surface area contributed by atoms with Crippen molar-refractivity contribution in [3.8, 4) is 5.75 Å². The lowest BCUT2D eigenvalue weighted by Gasteiger charge is -2.32. The lowest BCUT2D eigenvalue weighted by Crippen LogP contribution is -2.45. The summed E-state index contributed by atoms with van der Waals surface area (Å²) in [5.41, 5.74) is 0.809. The maximum atomic E-state index is 13.0. The molecule has 1 fully saturated rings. The molecule has 1 saturated heterocycles. The number of carboxylic acids is 1. The van der Waals surface area contributed by atoms with Gasteiger partial charge in [-0.25, -0.2) is 13.2 Å². The number of hydrogen-bond acceptors (Lipinski definition) is 6. The number of piperidine rings is 1. The van der Waals surface area contributed by atoms with Crippen LogP contribution in [-0.4, -0.2) is 69.1 Å². The number of carbonyl (C=O) groups excluding carboxylic acids is 2. The van der Waals surface area contributed by atoms with Crippen LogP contribution in [0.5, 0.6) is 5.75 Å². The molecule has 0 bridgehead atoms. The first-order valence-corrected chi connectivity index (χ1v) is 13.9. The fourth-order valence-electron chi connectivity index (χ4n) is 3.74. The van der Waals surface area contributed by atoms with Crippen LogP contribution in [-0.2, 0) is 19.6 Å². The van der Waals surface area contributed by atoms with Crippen LogP contribution in [0.25, 0.3) is 0 Å². The van der Waals surface area contributed by atoms with Gasteiger partial charge in [-0.2, -0.15) is 13.2 Å². The van der Waals surface area contributed by atoms with Gasteiger partial charge in [-0.3, -0.25) is 14.3 Å². The maximum Gasteiger partial charge on any atom is 0.490 e. The molecule has 40 heavy (non-hydrogen) atoms. The molecular formula is C26H32F3N3O7S. The molecule has 0 aliphatic carbocycles. The number of halogens is 3. The minimum Gasteiger partial charge on any atom is -0.497 e. The van der Waals surface area contributed by atoms with Crippen molar-refractivity contribution in [1.82, 2.24) is 10.2 Å². The van der Waals surface area contributed by atoms with Crippen molar-refractivity contribution in [3.05, 3.63) is 54.1 Å². The predicted molar refractivity (Wildman–Crippen MR) is 140 cm³/mol. The molecule has 0 saturated carbocycles. The van der Waals surface area contributed by atoms with Gasteiger partial charge >= 0.3 is 12.1 Å². The highest BCUT2D eigenvalue weighted by Gasteiger charge is 2.38. The Morgan fingerprint density at radius 2 is 1.68 bits per heavy atom. The van der Waals surface area contributed by atoms with E-state index in [1.54, 1.807) is 41.3 Å². The number of ether oxygens (including phenoxy) is 1. The highest BCUT2D eigenvalue weighted by Crippen LogP contribution is 2.22. The first-order chi connectivity index (χ1) is 18.8. The minimum absolute atomic E-state index is 0.00392. The normalized spacial score (nSPS) is 15.3. The highest BCUT2D eigenvalue weighted by atomic mass is 32.2. The second kappa shape index (κ2) is 14.5. The molecule has 10 nitrogen and oxygen atoms in total. The largest absolute Gasteiger partial charge is 0.497 e.